The van der Waals surface area contributed by atoms with E-state index < -0.39 is 0 Å². The van der Waals surface area contributed by atoms with E-state index in [1.54, 1.807) is 0 Å². The van der Waals surface area contributed by atoms with Crippen LogP contribution in [0.4, 0.5) is 0 Å². The van der Waals surface area contributed by atoms with Gasteiger partial charge in [-0.25, -0.2) is 0 Å². The van der Waals surface area contributed by atoms with Crippen LogP contribution in [0.2, 0.25) is 0 Å². The van der Waals surface area contributed by atoms with Crippen molar-refractivity contribution in [3.05, 3.63) is 21.9 Å². The fourth-order valence-corrected chi connectivity index (χ4v) is 4.19. The molecule has 3 unspecified atom stereocenters. The molecule has 3 nitrogen and oxygen atoms in total. The van der Waals surface area contributed by atoms with Crippen LogP contribution in [0.15, 0.2) is 12.1 Å². The van der Waals surface area contributed by atoms with Crippen molar-refractivity contribution < 1.29 is 9.53 Å². The molecule has 1 N–H and O–H groups in total. The van der Waals surface area contributed by atoms with Crippen LogP contribution in [0.3, 0.4) is 0 Å². The molecule has 1 aliphatic rings. The quantitative estimate of drug-likeness (QED) is 0.814. The maximum atomic E-state index is 11.9. The summed E-state index contributed by atoms with van der Waals surface area (Å²) in [5.74, 6) is 0.0814. The van der Waals surface area contributed by atoms with Gasteiger partial charge >= 0.3 is 5.97 Å². The number of carbonyl (C=O) groups is 1. The minimum atomic E-state index is -0.00876. The van der Waals surface area contributed by atoms with E-state index in [9.17, 15) is 4.79 Å². The highest BCUT2D eigenvalue weighted by atomic mass is 32.1. The first-order valence-electron chi connectivity index (χ1n) is 8.06. The largest absolute Gasteiger partial charge is 0.466 e. The molecule has 0 radical (unpaired) electrons. The lowest BCUT2D eigenvalue weighted by Crippen LogP contribution is -2.42. The highest BCUT2D eigenvalue weighted by molar-refractivity contribution is 7.11. The number of hydrogen-bond acceptors (Lipinski definition) is 4. The highest BCUT2D eigenvalue weighted by Gasteiger charge is 2.28. The van der Waals surface area contributed by atoms with E-state index in [0.29, 0.717) is 18.7 Å². The number of thiophene rings is 1. The molecule has 3 atom stereocenters. The van der Waals surface area contributed by atoms with Gasteiger partial charge in [-0.3, -0.25) is 4.79 Å². The summed E-state index contributed by atoms with van der Waals surface area (Å²) in [6.07, 6.45) is 5.26. The van der Waals surface area contributed by atoms with Crippen LogP contribution in [0.25, 0.3) is 0 Å². The number of nitrogens with one attached hydrogen (secondary N) is 1. The molecule has 0 bridgehead atoms. The second-order valence-corrected chi connectivity index (χ2v) is 7.47. The SMILES string of the molecule is CCOC(=O)C1CCCC(NC(C)Cc2ccc(C)s2)C1. The van der Waals surface area contributed by atoms with E-state index in [1.807, 2.05) is 18.3 Å². The zero-order chi connectivity index (χ0) is 15.2. The first kappa shape index (κ1) is 16.5. The molecule has 1 aromatic heterocycles. The Kier molecular flexibility index (Phi) is 6.24. The fraction of sp³-hybridized carbons (Fsp3) is 0.706. The average molecular weight is 309 g/mol. The normalized spacial score (nSPS) is 23.8. The third-order valence-electron chi connectivity index (χ3n) is 4.12. The predicted molar refractivity (Wildman–Crippen MR) is 87.7 cm³/mol. The monoisotopic (exact) mass is 309 g/mol. The molecule has 0 spiro atoms. The molecule has 1 fully saturated rings. The van der Waals surface area contributed by atoms with Gasteiger partial charge in [-0.1, -0.05) is 6.42 Å². The van der Waals surface area contributed by atoms with Crippen molar-refractivity contribution in [2.45, 2.75) is 65.0 Å². The average Bonchev–Trinajstić information content (AvgIpc) is 2.84. The number of ether oxygens (including phenoxy) is 1. The van der Waals surface area contributed by atoms with E-state index in [1.165, 1.54) is 16.2 Å². The van der Waals surface area contributed by atoms with Gasteiger partial charge < -0.3 is 10.1 Å². The minimum absolute atomic E-state index is 0.00876. The van der Waals surface area contributed by atoms with Crippen molar-refractivity contribution in [2.24, 2.45) is 5.92 Å². The van der Waals surface area contributed by atoms with Crippen LogP contribution < -0.4 is 5.32 Å². The lowest BCUT2D eigenvalue weighted by molar-refractivity contribution is -0.149. The summed E-state index contributed by atoms with van der Waals surface area (Å²) in [4.78, 5) is 14.7. The van der Waals surface area contributed by atoms with Crippen molar-refractivity contribution in [2.75, 3.05) is 6.61 Å². The number of esters is 1. The topological polar surface area (TPSA) is 38.3 Å². The van der Waals surface area contributed by atoms with E-state index in [0.717, 1.165) is 25.7 Å². The van der Waals surface area contributed by atoms with Crippen molar-refractivity contribution in [1.29, 1.82) is 0 Å². The first-order valence-corrected chi connectivity index (χ1v) is 8.88. The standard InChI is InChI=1S/C17H27NO2S/c1-4-20-17(19)14-6-5-7-15(11-14)18-12(2)10-16-9-8-13(3)21-16/h8-9,12,14-15,18H,4-7,10-11H2,1-3H3. The van der Waals surface area contributed by atoms with Crippen LogP contribution in [0, 0.1) is 12.8 Å². The van der Waals surface area contributed by atoms with Gasteiger partial charge in [0.15, 0.2) is 0 Å². The molecule has 4 heteroatoms. The molecular formula is C17H27NO2S. The Bertz CT molecular complexity index is 457. The Morgan fingerprint density at radius 2 is 2.29 bits per heavy atom. The molecule has 0 aliphatic heterocycles. The zero-order valence-corrected chi connectivity index (χ0v) is 14.2. The smallest absolute Gasteiger partial charge is 0.308 e. The summed E-state index contributed by atoms with van der Waals surface area (Å²) >= 11 is 1.88. The van der Waals surface area contributed by atoms with Crippen LogP contribution in [0.5, 0.6) is 0 Å². The van der Waals surface area contributed by atoms with Gasteiger partial charge in [0.25, 0.3) is 0 Å². The number of rotatable bonds is 6. The molecule has 0 amide bonds. The van der Waals surface area contributed by atoms with E-state index >= 15 is 0 Å². The Morgan fingerprint density at radius 3 is 2.95 bits per heavy atom. The lowest BCUT2D eigenvalue weighted by Gasteiger charge is -2.30. The number of hydrogen-bond donors (Lipinski definition) is 1. The molecule has 1 saturated carbocycles. The van der Waals surface area contributed by atoms with Gasteiger partial charge in [-0.2, -0.15) is 0 Å². The van der Waals surface area contributed by atoms with Crippen molar-refractivity contribution in [3.8, 4) is 0 Å². The fourth-order valence-electron chi connectivity index (χ4n) is 3.17. The van der Waals surface area contributed by atoms with Gasteiger partial charge in [0.1, 0.15) is 0 Å². The predicted octanol–water partition coefficient (Wildman–Crippen LogP) is 3.70. The maximum absolute atomic E-state index is 11.9. The molecule has 0 aromatic carbocycles. The van der Waals surface area contributed by atoms with E-state index in [2.05, 4.69) is 31.3 Å². The molecule has 21 heavy (non-hydrogen) atoms. The van der Waals surface area contributed by atoms with Gasteiger partial charge in [0.2, 0.25) is 0 Å². The molecular weight excluding hydrogens is 282 g/mol. The maximum Gasteiger partial charge on any atom is 0.308 e. The zero-order valence-electron chi connectivity index (χ0n) is 13.4. The molecule has 0 saturated heterocycles. The number of carbonyl (C=O) groups excluding carboxylic acids is 1. The summed E-state index contributed by atoms with van der Waals surface area (Å²) in [5.41, 5.74) is 0. The van der Waals surface area contributed by atoms with Crippen molar-refractivity contribution in [1.82, 2.24) is 5.32 Å². The molecule has 1 aliphatic carbocycles. The molecule has 1 heterocycles. The summed E-state index contributed by atoms with van der Waals surface area (Å²) in [5, 5.41) is 3.70. The Balaban J connectivity index is 1.80. The van der Waals surface area contributed by atoms with Crippen molar-refractivity contribution >= 4 is 17.3 Å². The van der Waals surface area contributed by atoms with Gasteiger partial charge in [0.05, 0.1) is 12.5 Å². The second kappa shape index (κ2) is 7.95. The first-order chi connectivity index (χ1) is 10.1. The highest BCUT2D eigenvalue weighted by Crippen LogP contribution is 2.26. The van der Waals surface area contributed by atoms with Crippen LogP contribution in [-0.4, -0.2) is 24.7 Å². The van der Waals surface area contributed by atoms with E-state index in [-0.39, 0.29) is 11.9 Å². The summed E-state index contributed by atoms with van der Waals surface area (Å²) in [6, 6.07) is 5.31. The van der Waals surface area contributed by atoms with Crippen molar-refractivity contribution in [3.63, 3.8) is 0 Å². The molecule has 1 aromatic rings. The van der Waals surface area contributed by atoms with Gasteiger partial charge in [-0.15, -0.1) is 11.3 Å². The summed E-state index contributed by atoms with van der Waals surface area (Å²) in [6.45, 7) is 6.75. The van der Waals surface area contributed by atoms with Crippen LogP contribution in [0.1, 0.15) is 49.3 Å². The third-order valence-corrected chi connectivity index (χ3v) is 5.14. The van der Waals surface area contributed by atoms with E-state index in [4.69, 9.17) is 4.74 Å². The van der Waals surface area contributed by atoms with Gasteiger partial charge in [-0.05, 0) is 58.6 Å². The van der Waals surface area contributed by atoms with Crippen LogP contribution in [-0.2, 0) is 16.0 Å². The molecule has 2 rings (SSSR count). The van der Waals surface area contributed by atoms with Crippen LogP contribution >= 0.6 is 11.3 Å². The third kappa shape index (κ3) is 5.11. The Hall–Kier alpha value is -0.870. The Labute approximate surface area is 132 Å². The second-order valence-electron chi connectivity index (χ2n) is 6.10. The molecule has 118 valence electrons. The van der Waals surface area contributed by atoms with Gasteiger partial charge in [0, 0.05) is 21.8 Å². The Morgan fingerprint density at radius 1 is 1.48 bits per heavy atom. The summed E-state index contributed by atoms with van der Waals surface area (Å²) in [7, 11) is 0. The number of aryl methyl sites for hydroxylation is 1. The summed E-state index contributed by atoms with van der Waals surface area (Å²) < 4.78 is 5.17. The lowest BCUT2D eigenvalue weighted by atomic mass is 9.85. The minimum Gasteiger partial charge on any atom is -0.466 e.